The maximum absolute atomic E-state index is 14.6. The normalized spacial score (nSPS) is 13.2. The largest absolute Gasteiger partial charge is 0.345 e. The van der Waals surface area contributed by atoms with Crippen LogP contribution in [0.1, 0.15) is 20.8 Å². The Morgan fingerprint density at radius 3 is 2.47 bits per heavy atom. The molecule has 0 saturated carbocycles. The highest BCUT2D eigenvalue weighted by Gasteiger charge is 2.24. The molecule has 0 bridgehead atoms. The van der Waals surface area contributed by atoms with E-state index in [2.05, 4.69) is 26.0 Å². The van der Waals surface area contributed by atoms with Gasteiger partial charge in [0.25, 0.3) is 11.8 Å². The molecule has 0 atom stereocenters. The molecule has 1 saturated heterocycles. The number of halogens is 3. The van der Waals surface area contributed by atoms with Crippen molar-refractivity contribution in [3.8, 4) is 16.9 Å². The monoisotopic (exact) mass is 508 g/mol. The molecule has 3 heterocycles. The number of hydrogen-bond donors (Lipinski definition) is 3. The Morgan fingerprint density at radius 2 is 1.78 bits per heavy atom. The first-order chi connectivity index (χ1) is 17.4. The van der Waals surface area contributed by atoms with Crippen molar-refractivity contribution in [2.45, 2.75) is 6.04 Å². The summed E-state index contributed by atoms with van der Waals surface area (Å²) < 4.78 is 30.3. The lowest BCUT2D eigenvalue weighted by atomic mass is 10.1. The van der Waals surface area contributed by atoms with Gasteiger partial charge in [-0.25, -0.2) is 13.5 Å². The van der Waals surface area contributed by atoms with Crippen LogP contribution in [0.3, 0.4) is 0 Å². The fourth-order valence-electron chi connectivity index (χ4n) is 3.67. The zero-order valence-electron chi connectivity index (χ0n) is 18.6. The molecule has 8 nitrogen and oxygen atoms in total. The van der Waals surface area contributed by atoms with Gasteiger partial charge in [-0.05, 0) is 36.4 Å². The summed E-state index contributed by atoms with van der Waals surface area (Å²) in [6, 6.07) is 14.9. The zero-order chi connectivity index (χ0) is 25.2. The second-order valence-electron chi connectivity index (χ2n) is 8.09. The van der Waals surface area contributed by atoms with Crippen LogP contribution >= 0.6 is 11.6 Å². The number of carbonyl (C=O) groups is 2. The van der Waals surface area contributed by atoms with E-state index in [4.69, 9.17) is 11.6 Å². The first-order valence-corrected chi connectivity index (χ1v) is 11.4. The van der Waals surface area contributed by atoms with Gasteiger partial charge in [0.2, 0.25) is 0 Å². The molecule has 4 aromatic rings. The molecule has 11 heteroatoms. The van der Waals surface area contributed by atoms with Crippen LogP contribution in [0.2, 0.25) is 5.02 Å². The second kappa shape index (κ2) is 9.84. The van der Waals surface area contributed by atoms with Crippen LogP contribution in [0.4, 0.5) is 14.6 Å². The SMILES string of the molecule is O=C(NC1CNC1)c1cc(NC(=O)c2cc(-c3ncccc3F)c(F)cc2Cl)n(-c2ccccc2)n1. The van der Waals surface area contributed by atoms with Crippen LogP contribution in [0.25, 0.3) is 16.9 Å². The summed E-state index contributed by atoms with van der Waals surface area (Å²) in [7, 11) is 0. The average Bonchev–Trinajstić information content (AvgIpc) is 3.26. The van der Waals surface area contributed by atoms with Gasteiger partial charge < -0.3 is 16.0 Å². The number of amides is 2. The third kappa shape index (κ3) is 4.68. The topological polar surface area (TPSA) is 101 Å². The molecule has 2 aromatic carbocycles. The van der Waals surface area contributed by atoms with Gasteiger partial charge in [-0.3, -0.25) is 14.6 Å². The lowest BCUT2D eigenvalue weighted by molar-refractivity contribution is 0.0917. The minimum Gasteiger partial charge on any atom is -0.345 e. The number of hydrogen-bond acceptors (Lipinski definition) is 5. The number of nitrogens with one attached hydrogen (secondary N) is 3. The maximum Gasteiger partial charge on any atom is 0.272 e. The van der Waals surface area contributed by atoms with Gasteiger partial charge in [-0.2, -0.15) is 5.10 Å². The van der Waals surface area contributed by atoms with Crippen LogP contribution in [0, 0.1) is 11.6 Å². The van der Waals surface area contributed by atoms with Gasteiger partial charge >= 0.3 is 0 Å². The Kier molecular flexibility index (Phi) is 6.45. The molecule has 2 amide bonds. The maximum atomic E-state index is 14.6. The molecule has 3 N–H and O–H groups in total. The number of anilines is 1. The third-order valence-corrected chi connectivity index (χ3v) is 5.93. The summed E-state index contributed by atoms with van der Waals surface area (Å²) in [4.78, 5) is 29.8. The Bertz CT molecular complexity index is 1460. The molecule has 0 spiro atoms. The minimum absolute atomic E-state index is 0.000788. The van der Waals surface area contributed by atoms with Crippen LogP contribution in [0.5, 0.6) is 0 Å². The number of benzene rings is 2. The fourth-order valence-corrected chi connectivity index (χ4v) is 3.91. The van der Waals surface area contributed by atoms with Crippen LogP contribution in [-0.4, -0.2) is 45.7 Å². The minimum atomic E-state index is -0.826. The van der Waals surface area contributed by atoms with Gasteiger partial charge in [0, 0.05) is 30.9 Å². The molecule has 0 aliphatic carbocycles. The summed E-state index contributed by atoms with van der Waals surface area (Å²) >= 11 is 6.17. The van der Waals surface area contributed by atoms with Crippen LogP contribution in [-0.2, 0) is 0 Å². The summed E-state index contributed by atoms with van der Waals surface area (Å²) in [5.74, 6) is -2.48. The number of rotatable bonds is 6. The van der Waals surface area contributed by atoms with E-state index in [1.54, 1.807) is 24.3 Å². The molecule has 1 aliphatic rings. The smallest absolute Gasteiger partial charge is 0.272 e. The molecule has 1 fully saturated rings. The van der Waals surface area contributed by atoms with Crippen molar-refractivity contribution in [1.29, 1.82) is 0 Å². The molecule has 182 valence electrons. The standard InChI is InChI=1S/C25H19ClF2N6O2/c26-18-10-20(28)17(23-19(27)7-4-8-30-23)9-16(18)24(35)32-22-11-21(25(36)31-14-12-29-13-14)33-34(22)15-5-2-1-3-6-15/h1-11,14,29H,12-13H2,(H,31,36)(H,32,35). The predicted molar refractivity (Wildman–Crippen MR) is 130 cm³/mol. The Morgan fingerprint density at radius 1 is 1.00 bits per heavy atom. The van der Waals surface area contributed by atoms with Crippen LogP contribution in [0.15, 0.2) is 66.9 Å². The van der Waals surface area contributed by atoms with Crippen molar-refractivity contribution in [2.75, 3.05) is 18.4 Å². The molecular weight excluding hydrogens is 490 g/mol. The highest BCUT2D eigenvalue weighted by molar-refractivity contribution is 6.34. The molecule has 2 aromatic heterocycles. The van der Waals surface area contributed by atoms with Crippen molar-refractivity contribution in [1.82, 2.24) is 25.4 Å². The van der Waals surface area contributed by atoms with Crippen molar-refractivity contribution in [3.63, 3.8) is 0 Å². The Labute approximate surface area is 209 Å². The lowest BCUT2D eigenvalue weighted by Crippen LogP contribution is -2.57. The molecule has 0 radical (unpaired) electrons. The third-order valence-electron chi connectivity index (χ3n) is 5.62. The summed E-state index contributed by atoms with van der Waals surface area (Å²) in [6.07, 6.45) is 1.32. The second-order valence-corrected chi connectivity index (χ2v) is 8.50. The molecule has 36 heavy (non-hydrogen) atoms. The lowest BCUT2D eigenvalue weighted by Gasteiger charge is -2.27. The quantitative estimate of drug-likeness (QED) is 0.367. The zero-order valence-corrected chi connectivity index (χ0v) is 19.4. The van der Waals surface area contributed by atoms with E-state index in [0.717, 1.165) is 18.2 Å². The summed E-state index contributed by atoms with van der Waals surface area (Å²) in [6.45, 7) is 1.33. The van der Waals surface area contributed by atoms with Gasteiger partial charge in [0.15, 0.2) is 5.69 Å². The number of pyridine rings is 1. The highest BCUT2D eigenvalue weighted by atomic mass is 35.5. The van der Waals surface area contributed by atoms with Gasteiger partial charge in [0.1, 0.15) is 23.1 Å². The number of para-hydroxylation sites is 1. The van der Waals surface area contributed by atoms with E-state index >= 15 is 0 Å². The van der Waals surface area contributed by atoms with E-state index in [9.17, 15) is 18.4 Å². The Hall–Kier alpha value is -4.15. The van der Waals surface area contributed by atoms with Gasteiger partial charge in [-0.1, -0.05) is 29.8 Å². The van der Waals surface area contributed by atoms with Crippen molar-refractivity contribution < 1.29 is 18.4 Å². The molecule has 0 unspecified atom stereocenters. The summed E-state index contributed by atoms with van der Waals surface area (Å²) in [5.41, 5.74) is 0.125. The Balaban J connectivity index is 1.49. The van der Waals surface area contributed by atoms with E-state index in [0.29, 0.717) is 18.8 Å². The number of aromatic nitrogens is 3. The van der Waals surface area contributed by atoms with E-state index in [1.807, 2.05) is 6.07 Å². The predicted octanol–water partition coefficient (Wildman–Crippen LogP) is 3.82. The first-order valence-electron chi connectivity index (χ1n) is 11.0. The van der Waals surface area contributed by atoms with E-state index in [1.165, 1.54) is 23.0 Å². The molecular formula is C25H19ClF2N6O2. The van der Waals surface area contributed by atoms with Gasteiger partial charge in [0.05, 0.1) is 22.3 Å². The van der Waals surface area contributed by atoms with Crippen molar-refractivity contribution in [3.05, 3.63) is 94.8 Å². The van der Waals surface area contributed by atoms with Gasteiger partial charge in [-0.15, -0.1) is 0 Å². The van der Waals surface area contributed by atoms with Crippen molar-refractivity contribution >= 4 is 29.2 Å². The van der Waals surface area contributed by atoms with Crippen LogP contribution < -0.4 is 16.0 Å². The molecule has 1 aliphatic heterocycles. The summed E-state index contributed by atoms with van der Waals surface area (Å²) in [5, 5.41) is 12.8. The van der Waals surface area contributed by atoms with Crippen molar-refractivity contribution in [2.24, 2.45) is 0 Å². The van der Waals surface area contributed by atoms with E-state index in [-0.39, 0.29) is 45.3 Å². The van der Waals surface area contributed by atoms with E-state index < -0.39 is 17.5 Å². The first kappa shape index (κ1) is 23.6. The number of nitrogens with zero attached hydrogens (tertiary/aromatic N) is 3. The highest BCUT2D eigenvalue weighted by Crippen LogP contribution is 2.30. The average molecular weight is 509 g/mol. The fraction of sp³-hybridized carbons (Fsp3) is 0.120. The molecule has 5 rings (SSSR count). The number of carbonyl (C=O) groups excluding carboxylic acids is 2.